The molecule has 1 saturated carbocycles. The van der Waals surface area contributed by atoms with Crippen molar-refractivity contribution in [2.75, 3.05) is 11.9 Å². The highest BCUT2D eigenvalue weighted by atomic mass is 16.3. The third kappa shape index (κ3) is 4.53. The summed E-state index contributed by atoms with van der Waals surface area (Å²) < 4.78 is 0. The normalized spacial score (nSPS) is 18.5. The van der Waals surface area contributed by atoms with Gasteiger partial charge in [0.05, 0.1) is 12.0 Å². The minimum atomic E-state index is -0.764. The van der Waals surface area contributed by atoms with Crippen molar-refractivity contribution in [3.05, 3.63) is 30.3 Å². The summed E-state index contributed by atoms with van der Waals surface area (Å²) >= 11 is 0. The summed E-state index contributed by atoms with van der Waals surface area (Å²) in [5, 5.41) is 16.4. The first kappa shape index (κ1) is 14.9. The number of para-hydroxylation sites is 1. The fraction of sp³-hybridized carbons (Fsp3) is 0.562. The van der Waals surface area contributed by atoms with Crippen molar-refractivity contribution in [3.63, 3.8) is 0 Å². The van der Waals surface area contributed by atoms with Crippen molar-refractivity contribution in [3.8, 4) is 0 Å². The molecule has 4 nitrogen and oxygen atoms in total. The van der Waals surface area contributed by atoms with E-state index in [9.17, 15) is 9.90 Å². The van der Waals surface area contributed by atoms with E-state index in [1.165, 1.54) is 0 Å². The van der Waals surface area contributed by atoms with Crippen LogP contribution in [0.15, 0.2) is 30.3 Å². The quantitative estimate of drug-likeness (QED) is 0.747. The van der Waals surface area contributed by atoms with Gasteiger partial charge < -0.3 is 15.7 Å². The number of rotatable bonds is 6. The maximum absolute atomic E-state index is 11.9. The third-order valence-corrected chi connectivity index (χ3v) is 3.82. The van der Waals surface area contributed by atoms with Gasteiger partial charge in [0.2, 0.25) is 5.91 Å². The van der Waals surface area contributed by atoms with E-state index in [1.807, 2.05) is 37.3 Å². The molecule has 2 rings (SSSR count). The molecule has 0 radical (unpaired) electrons. The first-order chi connectivity index (χ1) is 9.57. The Bertz CT molecular complexity index is 427. The summed E-state index contributed by atoms with van der Waals surface area (Å²) in [6.07, 6.45) is 3.77. The van der Waals surface area contributed by atoms with E-state index in [1.54, 1.807) is 0 Å². The van der Waals surface area contributed by atoms with Gasteiger partial charge in [-0.25, -0.2) is 0 Å². The molecule has 110 valence electrons. The molecule has 0 bridgehead atoms. The van der Waals surface area contributed by atoms with Crippen LogP contribution in [0.1, 0.15) is 39.0 Å². The summed E-state index contributed by atoms with van der Waals surface area (Å²) in [5.74, 6) is -0.0592. The zero-order chi connectivity index (χ0) is 14.4. The lowest BCUT2D eigenvalue weighted by Gasteiger charge is -2.22. The lowest BCUT2D eigenvalue weighted by molar-refractivity contribution is -0.125. The number of hydrogen-bond donors (Lipinski definition) is 3. The van der Waals surface area contributed by atoms with Gasteiger partial charge in [0.25, 0.3) is 0 Å². The van der Waals surface area contributed by atoms with Crippen LogP contribution < -0.4 is 10.6 Å². The highest BCUT2D eigenvalue weighted by Gasteiger charge is 2.33. The van der Waals surface area contributed by atoms with Crippen LogP contribution in [-0.4, -0.2) is 29.2 Å². The Kier molecular flexibility index (Phi) is 5.01. The third-order valence-electron chi connectivity index (χ3n) is 3.82. The average molecular weight is 276 g/mol. The van der Waals surface area contributed by atoms with Gasteiger partial charge in [0.1, 0.15) is 0 Å². The summed E-state index contributed by atoms with van der Waals surface area (Å²) in [7, 11) is 0. The molecule has 0 aromatic heterocycles. The van der Waals surface area contributed by atoms with Gasteiger partial charge in [0, 0.05) is 18.3 Å². The monoisotopic (exact) mass is 276 g/mol. The second kappa shape index (κ2) is 6.75. The molecule has 1 atom stereocenters. The molecular weight excluding hydrogens is 252 g/mol. The van der Waals surface area contributed by atoms with E-state index in [4.69, 9.17) is 0 Å². The number of carbonyl (C=O) groups excluding carboxylic acids is 1. The molecule has 0 saturated heterocycles. The van der Waals surface area contributed by atoms with Crippen molar-refractivity contribution in [2.24, 2.45) is 0 Å². The van der Waals surface area contributed by atoms with Gasteiger partial charge in [0.15, 0.2) is 0 Å². The molecule has 0 aliphatic heterocycles. The van der Waals surface area contributed by atoms with Gasteiger partial charge in [-0.15, -0.1) is 0 Å². The summed E-state index contributed by atoms with van der Waals surface area (Å²) in [5.41, 5.74) is 0.281. The standard InChI is InChI=1S/C16H24N2O2/c1-13(18-14-7-3-2-4-8-14)12-17-15(19)11-16(20)9-5-6-10-16/h2-4,7-8,13,18,20H,5-6,9-12H2,1H3,(H,17,19). The van der Waals surface area contributed by atoms with Crippen LogP contribution in [0.4, 0.5) is 5.69 Å². The molecule has 1 aliphatic carbocycles. The minimum Gasteiger partial charge on any atom is -0.389 e. The molecule has 1 amide bonds. The Hall–Kier alpha value is -1.55. The first-order valence-electron chi connectivity index (χ1n) is 7.38. The highest BCUT2D eigenvalue weighted by molar-refractivity contribution is 5.77. The second-order valence-corrected chi connectivity index (χ2v) is 5.82. The van der Waals surface area contributed by atoms with Crippen LogP contribution >= 0.6 is 0 Å². The maximum atomic E-state index is 11.9. The van der Waals surface area contributed by atoms with E-state index >= 15 is 0 Å². The number of hydrogen-bond acceptors (Lipinski definition) is 3. The van der Waals surface area contributed by atoms with E-state index in [2.05, 4.69) is 10.6 Å². The molecule has 4 heteroatoms. The molecule has 1 aliphatic rings. The van der Waals surface area contributed by atoms with Crippen LogP contribution in [-0.2, 0) is 4.79 Å². The first-order valence-corrected chi connectivity index (χ1v) is 7.38. The predicted octanol–water partition coefficient (Wildman–Crippen LogP) is 2.30. The molecular formula is C16H24N2O2. The lowest BCUT2D eigenvalue weighted by Crippen LogP contribution is -2.39. The van der Waals surface area contributed by atoms with Crippen LogP contribution in [0, 0.1) is 0 Å². The van der Waals surface area contributed by atoms with E-state index in [0.29, 0.717) is 6.54 Å². The average Bonchev–Trinajstić information content (AvgIpc) is 2.84. The Morgan fingerprint density at radius 3 is 2.60 bits per heavy atom. The summed E-state index contributed by atoms with van der Waals surface area (Å²) in [6.45, 7) is 2.58. The number of carbonyl (C=O) groups is 1. The van der Waals surface area contributed by atoms with E-state index in [-0.39, 0.29) is 18.4 Å². The Labute approximate surface area is 120 Å². The van der Waals surface area contributed by atoms with E-state index < -0.39 is 5.60 Å². The van der Waals surface area contributed by atoms with Crippen molar-refractivity contribution < 1.29 is 9.90 Å². The van der Waals surface area contributed by atoms with Gasteiger partial charge in [-0.3, -0.25) is 4.79 Å². The zero-order valence-corrected chi connectivity index (χ0v) is 12.1. The van der Waals surface area contributed by atoms with Crippen molar-refractivity contribution in [2.45, 2.75) is 50.7 Å². The fourth-order valence-corrected chi connectivity index (χ4v) is 2.71. The molecule has 3 N–H and O–H groups in total. The Morgan fingerprint density at radius 1 is 1.30 bits per heavy atom. The van der Waals surface area contributed by atoms with Crippen LogP contribution in [0.25, 0.3) is 0 Å². The summed E-state index contributed by atoms with van der Waals surface area (Å²) in [4.78, 5) is 11.9. The van der Waals surface area contributed by atoms with Gasteiger partial charge >= 0.3 is 0 Å². The van der Waals surface area contributed by atoms with Crippen molar-refractivity contribution in [1.82, 2.24) is 5.32 Å². The topological polar surface area (TPSA) is 61.4 Å². The smallest absolute Gasteiger partial charge is 0.222 e. The molecule has 0 heterocycles. The van der Waals surface area contributed by atoms with Crippen molar-refractivity contribution >= 4 is 11.6 Å². The molecule has 1 aromatic rings. The second-order valence-electron chi connectivity index (χ2n) is 5.82. The highest BCUT2D eigenvalue weighted by Crippen LogP contribution is 2.32. The zero-order valence-electron chi connectivity index (χ0n) is 12.1. The Balaban J connectivity index is 1.70. The number of amides is 1. The summed E-state index contributed by atoms with van der Waals surface area (Å²) in [6, 6.07) is 10.1. The molecule has 1 fully saturated rings. The van der Waals surface area contributed by atoms with Crippen LogP contribution in [0.3, 0.4) is 0 Å². The number of benzene rings is 1. The van der Waals surface area contributed by atoms with Gasteiger partial charge in [-0.05, 0) is 31.9 Å². The number of anilines is 1. The predicted molar refractivity (Wildman–Crippen MR) is 80.6 cm³/mol. The molecule has 1 aromatic carbocycles. The lowest BCUT2D eigenvalue weighted by atomic mass is 9.98. The van der Waals surface area contributed by atoms with Crippen molar-refractivity contribution in [1.29, 1.82) is 0 Å². The minimum absolute atomic E-state index is 0.0592. The largest absolute Gasteiger partial charge is 0.389 e. The van der Waals surface area contributed by atoms with Gasteiger partial charge in [-0.1, -0.05) is 31.0 Å². The molecule has 0 spiro atoms. The van der Waals surface area contributed by atoms with Crippen LogP contribution in [0.2, 0.25) is 0 Å². The Morgan fingerprint density at radius 2 is 1.95 bits per heavy atom. The maximum Gasteiger partial charge on any atom is 0.222 e. The molecule has 1 unspecified atom stereocenters. The SMILES string of the molecule is CC(CNC(=O)CC1(O)CCCC1)Nc1ccccc1. The van der Waals surface area contributed by atoms with Gasteiger partial charge in [-0.2, -0.15) is 0 Å². The van der Waals surface area contributed by atoms with Crippen LogP contribution in [0.5, 0.6) is 0 Å². The number of aliphatic hydroxyl groups is 1. The van der Waals surface area contributed by atoms with E-state index in [0.717, 1.165) is 31.4 Å². The fourth-order valence-electron chi connectivity index (χ4n) is 2.71. The molecule has 20 heavy (non-hydrogen) atoms. The number of nitrogens with one attached hydrogen (secondary N) is 2.